The molecule has 2 rings (SSSR count). The molecule has 20 heavy (non-hydrogen) atoms. The van der Waals surface area contributed by atoms with Crippen LogP contribution in [0.25, 0.3) is 0 Å². The highest BCUT2D eigenvalue weighted by atomic mass is 32.1. The summed E-state index contributed by atoms with van der Waals surface area (Å²) in [6.07, 6.45) is 2.57. The Hall–Kier alpha value is -1.07. The van der Waals surface area contributed by atoms with E-state index in [0.29, 0.717) is 0 Å². The number of rotatable bonds is 5. The zero-order chi connectivity index (χ0) is 14.2. The minimum atomic E-state index is 0.756. The predicted octanol–water partition coefficient (Wildman–Crippen LogP) is 2.15. The molecule has 1 fully saturated rings. The van der Waals surface area contributed by atoms with Crippen molar-refractivity contribution >= 4 is 17.3 Å². The van der Waals surface area contributed by atoms with Gasteiger partial charge in [0.05, 0.1) is 6.54 Å². The number of hydrogen-bond donors (Lipinski definition) is 2. The zero-order valence-corrected chi connectivity index (χ0v) is 13.4. The number of thiophene rings is 1. The first-order chi connectivity index (χ1) is 9.78. The van der Waals surface area contributed by atoms with E-state index in [9.17, 15) is 0 Å². The second-order valence-corrected chi connectivity index (χ2v) is 6.23. The standard InChI is InChI=1S/C15H26N4S/c1-3-16-15(18-11-14-6-9-20-12-14)17-10-13-4-7-19(2)8-5-13/h6,9,12-13H,3-5,7-8,10-11H2,1-2H3,(H2,16,17,18). The third-order valence-electron chi connectivity index (χ3n) is 3.74. The summed E-state index contributed by atoms with van der Waals surface area (Å²) >= 11 is 1.73. The van der Waals surface area contributed by atoms with Crippen LogP contribution in [0.1, 0.15) is 25.3 Å². The Morgan fingerprint density at radius 1 is 1.40 bits per heavy atom. The molecule has 1 aromatic rings. The summed E-state index contributed by atoms with van der Waals surface area (Å²) in [7, 11) is 2.20. The van der Waals surface area contributed by atoms with Crippen molar-refractivity contribution in [1.82, 2.24) is 15.5 Å². The summed E-state index contributed by atoms with van der Waals surface area (Å²) in [5, 5.41) is 11.1. The monoisotopic (exact) mass is 294 g/mol. The van der Waals surface area contributed by atoms with E-state index >= 15 is 0 Å². The van der Waals surface area contributed by atoms with Crippen molar-refractivity contribution in [2.45, 2.75) is 26.3 Å². The van der Waals surface area contributed by atoms with Gasteiger partial charge in [-0.25, -0.2) is 4.99 Å². The minimum Gasteiger partial charge on any atom is -0.357 e. The fourth-order valence-electron chi connectivity index (χ4n) is 2.40. The normalized spacial score (nSPS) is 18.2. The van der Waals surface area contributed by atoms with Gasteiger partial charge in [-0.15, -0.1) is 0 Å². The molecule has 112 valence electrons. The molecule has 0 unspecified atom stereocenters. The number of piperidine rings is 1. The van der Waals surface area contributed by atoms with Crippen molar-refractivity contribution in [3.05, 3.63) is 22.4 Å². The van der Waals surface area contributed by atoms with Gasteiger partial charge in [-0.2, -0.15) is 11.3 Å². The van der Waals surface area contributed by atoms with E-state index in [2.05, 4.69) is 51.3 Å². The quantitative estimate of drug-likeness (QED) is 0.646. The van der Waals surface area contributed by atoms with Crippen LogP contribution in [0.2, 0.25) is 0 Å². The fourth-order valence-corrected chi connectivity index (χ4v) is 3.06. The van der Waals surface area contributed by atoms with E-state index < -0.39 is 0 Å². The Kier molecular flexibility index (Phi) is 6.33. The third-order valence-corrected chi connectivity index (χ3v) is 4.47. The molecule has 0 amide bonds. The summed E-state index contributed by atoms with van der Waals surface area (Å²) < 4.78 is 0. The second kappa shape index (κ2) is 8.27. The van der Waals surface area contributed by atoms with Crippen molar-refractivity contribution in [2.24, 2.45) is 10.9 Å². The van der Waals surface area contributed by atoms with E-state index in [1.807, 2.05) is 0 Å². The van der Waals surface area contributed by atoms with E-state index in [-0.39, 0.29) is 0 Å². The van der Waals surface area contributed by atoms with Gasteiger partial charge in [0.25, 0.3) is 0 Å². The highest BCUT2D eigenvalue weighted by Crippen LogP contribution is 2.14. The van der Waals surface area contributed by atoms with Crippen molar-refractivity contribution in [3.8, 4) is 0 Å². The van der Waals surface area contributed by atoms with E-state index in [1.165, 1.54) is 31.5 Å². The van der Waals surface area contributed by atoms with Crippen LogP contribution in [0.4, 0.5) is 0 Å². The number of nitrogens with zero attached hydrogens (tertiary/aromatic N) is 2. The highest BCUT2D eigenvalue weighted by molar-refractivity contribution is 7.07. The van der Waals surface area contributed by atoms with Crippen LogP contribution in [-0.4, -0.2) is 44.1 Å². The van der Waals surface area contributed by atoms with Gasteiger partial charge in [0.1, 0.15) is 0 Å². The summed E-state index contributed by atoms with van der Waals surface area (Å²) in [6, 6.07) is 2.13. The molecule has 0 saturated carbocycles. The van der Waals surface area contributed by atoms with Gasteiger partial charge < -0.3 is 15.5 Å². The molecule has 1 saturated heterocycles. The summed E-state index contributed by atoms with van der Waals surface area (Å²) in [6.45, 7) is 7.24. The molecule has 0 radical (unpaired) electrons. The van der Waals surface area contributed by atoms with Crippen LogP contribution < -0.4 is 10.6 Å². The van der Waals surface area contributed by atoms with Crippen LogP contribution in [-0.2, 0) is 6.54 Å². The first kappa shape index (κ1) is 15.3. The maximum Gasteiger partial charge on any atom is 0.191 e. The van der Waals surface area contributed by atoms with Gasteiger partial charge in [-0.05, 0) is 68.2 Å². The van der Waals surface area contributed by atoms with E-state index in [4.69, 9.17) is 0 Å². The lowest BCUT2D eigenvalue weighted by molar-refractivity contribution is 0.220. The van der Waals surface area contributed by atoms with Gasteiger partial charge in [0.2, 0.25) is 0 Å². The SMILES string of the molecule is CCNC(=NCc1ccsc1)NCC1CCN(C)CC1. The van der Waals surface area contributed by atoms with E-state index in [1.54, 1.807) is 11.3 Å². The first-order valence-corrected chi connectivity index (χ1v) is 8.44. The molecule has 0 aromatic carbocycles. The Balaban J connectivity index is 1.78. The largest absolute Gasteiger partial charge is 0.357 e. The average Bonchev–Trinajstić information content (AvgIpc) is 2.97. The topological polar surface area (TPSA) is 39.7 Å². The lowest BCUT2D eigenvalue weighted by atomic mass is 9.97. The number of nitrogens with one attached hydrogen (secondary N) is 2. The fraction of sp³-hybridized carbons (Fsp3) is 0.667. The molecule has 0 bridgehead atoms. The van der Waals surface area contributed by atoms with Gasteiger partial charge in [0.15, 0.2) is 5.96 Å². The molecule has 1 aliphatic heterocycles. The Bertz CT molecular complexity index is 394. The van der Waals surface area contributed by atoms with Crippen LogP contribution >= 0.6 is 11.3 Å². The Labute approximate surface area is 126 Å². The Morgan fingerprint density at radius 3 is 2.85 bits per heavy atom. The lowest BCUT2D eigenvalue weighted by Gasteiger charge is -2.29. The summed E-state index contributed by atoms with van der Waals surface area (Å²) in [5.41, 5.74) is 1.28. The molecule has 1 aliphatic rings. The number of hydrogen-bond acceptors (Lipinski definition) is 3. The molecule has 2 heterocycles. The van der Waals surface area contributed by atoms with Gasteiger partial charge in [-0.3, -0.25) is 0 Å². The first-order valence-electron chi connectivity index (χ1n) is 7.49. The molecule has 5 heteroatoms. The minimum absolute atomic E-state index is 0.756. The number of aliphatic imine (C=N–C) groups is 1. The highest BCUT2D eigenvalue weighted by Gasteiger charge is 2.16. The summed E-state index contributed by atoms with van der Waals surface area (Å²) in [5.74, 6) is 1.72. The maximum absolute atomic E-state index is 4.65. The van der Waals surface area contributed by atoms with Crippen LogP contribution in [0, 0.1) is 5.92 Å². The maximum atomic E-state index is 4.65. The molecule has 2 N–H and O–H groups in total. The zero-order valence-electron chi connectivity index (χ0n) is 12.6. The van der Waals surface area contributed by atoms with Gasteiger partial charge in [0, 0.05) is 13.1 Å². The molecular weight excluding hydrogens is 268 g/mol. The lowest BCUT2D eigenvalue weighted by Crippen LogP contribution is -2.42. The second-order valence-electron chi connectivity index (χ2n) is 5.45. The Morgan fingerprint density at radius 2 is 2.20 bits per heavy atom. The van der Waals surface area contributed by atoms with Crippen molar-refractivity contribution in [3.63, 3.8) is 0 Å². The van der Waals surface area contributed by atoms with Gasteiger partial charge in [-0.1, -0.05) is 0 Å². The van der Waals surface area contributed by atoms with Crippen LogP contribution in [0.15, 0.2) is 21.8 Å². The van der Waals surface area contributed by atoms with Crippen LogP contribution in [0.3, 0.4) is 0 Å². The summed E-state index contributed by atoms with van der Waals surface area (Å²) in [4.78, 5) is 7.06. The third kappa shape index (κ3) is 5.13. The van der Waals surface area contributed by atoms with Gasteiger partial charge >= 0.3 is 0 Å². The molecule has 4 nitrogen and oxygen atoms in total. The molecule has 1 aromatic heterocycles. The number of guanidine groups is 1. The number of likely N-dealkylation sites (tertiary alicyclic amines) is 1. The van der Waals surface area contributed by atoms with Crippen molar-refractivity contribution < 1.29 is 0 Å². The molecule has 0 spiro atoms. The molecular formula is C15H26N4S. The predicted molar refractivity (Wildman–Crippen MR) is 87.4 cm³/mol. The van der Waals surface area contributed by atoms with Crippen molar-refractivity contribution in [1.29, 1.82) is 0 Å². The smallest absolute Gasteiger partial charge is 0.191 e. The van der Waals surface area contributed by atoms with Crippen molar-refractivity contribution in [2.75, 3.05) is 33.2 Å². The average molecular weight is 294 g/mol. The van der Waals surface area contributed by atoms with E-state index in [0.717, 1.165) is 31.5 Å². The molecule has 0 atom stereocenters. The van der Waals surface area contributed by atoms with Crippen LogP contribution in [0.5, 0.6) is 0 Å². The molecule has 0 aliphatic carbocycles.